The largest absolute Gasteiger partial charge is 0.465 e. The maximum atomic E-state index is 11.3. The highest BCUT2D eigenvalue weighted by Gasteiger charge is 2.53. The van der Waals surface area contributed by atoms with Crippen molar-refractivity contribution in [2.24, 2.45) is 0 Å². The molecule has 80 valence electrons. The van der Waals surface area contributed by atoms with Crippen LogP contribution in [0.15, 0.2) is 0 Å². The summed E-state index contributed by atoms with van der Waals surface area (Å²) in [5.41, 5.74) is 0. The second kappa shape index (κ2) is 4.39. The Kier molecular flexibility index (Phi) is 3.43. The fourth-order valence-corrected chi connectivity index (χ4v) is 1.12. The highest BCUT2D eigenvalue weighted by atomic mass is 16.8. The van der Waals surface area contributed by atoms with E-state index in [1.807, 2.05) is 0 Å². The molecule has 1 saturated heterocycles. The first-order valence-corrected chi connectivity index (χ1v) is 4.12. The highest BCUT2D eigenvalue weighted by Crippen LogP contribution is 2.22. The van der Waals surface area contributed by atoms with E-state index in [1.165, 1.54) is 0 Å². The van der Waals surface area contributed by atoms with Gasteiger partial charge in [0.25, 0.3) is 0 Å². The van der Waals surface area contributed by atoms with Crippen molar-refractivity contribution in [3.63, 3.8) is 0 Å². The van der Waals surface area contributed by atoms with E-state index in [1.54, 1.807) is 0 Å². The zero-order chi connectivity index (χ0) is 10.6. The van der Waals surface area contributed by atoms with Crippen LogP contribution in [-0.2, 0) is 28.5 Å². The van der Waals surface area contributed by atoms with E-state index < -0.39 is 17.7 Å². The molecule has 1 aliphatic rings. The molecule has 0 saturated carbocycles. The fraction of sp³-hybridized carbons (Fsp3) is 0.750. The molecular formula is C8H12O6. The summed E-state index contributed by atoms with van der Waals surface area (Å²) in [6.07, 6.45) is 0.621. The standard InChI is InChI=1S/C8H12O6/c1-11-6(9)8(7(10)12-2)13-4-3-5-14-8/h3-5H2,1-2H3. The third kappa shape index (κ3) is 1.71. The minimum atomic E-state index is -2.03. The van der Waals surface area contributed by atoms with Gasteiger partial charge in [0, 0.05) is 0 Å². The van der Waals surface area contributed by atoms with Crippen molar-refractivity contribution in [1.82, 2.24) is 0 Å². The van der Waals surface area contributed by atoms with Crippen molar-refractivity contribution in [3.05, 3.63) is 0 Å². The molecule has 0 spiro atoms. The summed E-state index contributed by atoms with van der Waals surface area (Å²) < 4.78 is 18.9. The smallest absolute Gasteiger partial charge is 0.379 e. The number of esters is 2. The van der Waals surface area contributed by atoms with E-state index in [0.717, 1.165) is 14.2 Å². The molecule has 0 unspecified atom stereocenters. The van der Waals surface area contributed by atoms with E-state index in [4.69, 9.17) is 9.47 Å². The number of carbonyl (C=O) groups excluding carboxylic acids is 2. The van der Waals surface area contributed by atoms with Gasteiger partial charge >= 0.3 is 17.7 Å². The molecule has 6 nitrogen and oxygen atoms in total. The van der Waals surface area contributed by atoms with Gasteiger partial charge in [-0.3, -0.25) is 0 Å². The summed E-state index contributed by atoms with van der Waals surface area (Å²) in [6, 6.07) is 0. The van der Waals surface area contributed by atoms with Gasteiger partial charge < -0.3 is 18.9 Å². The minimum absolute atomic E-state index is 0.254. The molecule has 0 N–H and O–H groups in total. The second-order valence-corrected chi connectivity index (χ2v) is 2.65. The predicted molar refractivity (Wildman–Crippen MR) is 43.3 cm³/mol. The lowest BCUT2D eigenvalue weighted by molar-refractivity contribution is -0.267. The Labute approximate surface area is 81.1 Å². The SMILES string of the molecule is COC(=O)C1(C(=O)OC)OCCCO1. The van der Waals surface area contributed by atoms with Crippen LogP contribution in [0.5, 0.6) is 0 Å². The Balaban J connectivity index is 2.87. The Bertz CT molecular complexity index is 212. The average molecular weight is 204 g/mol. The van der Waals surface area contributed by atoms with Gasteiger partial charge in [0.05, 0.1) is 27.4 Å². The van der Waals surface area contributed by atoms with Crippen LogP contribution in [0.25, 0.3) is 0 Å². The van der Waals surface area contributed by atoms with Crippen molar-refractivity contribution < 1.29 is 28.5 Å². The molecule has 14 heavy (non-hydrogen) atoms. The molecule has 1 fully saturated rings. The maximum absolute atomic E-state index is 11.3. The molecule has 1 rings (SSSR count). The lowest BCUT2D eigenvalue weighted by Crippen LogP contribution is -2.55. The van der Waals surface area contributed by atoms with Crippen LogP contribution in [0, 0.1) is 0 Å². The monoisotopic (exact) mass is 204 g/mol. The van der Waals surface area contributed by atoms with Crippen molar-refractivity contribution in [2.75, 3.05) is 27.4 Å². The summed E-state index contributed by atoms with van der Waals surface area (Å²) in [5, 5.41) is 0. The van der Waals surface area contributed by atoms with Crippen LogP contribution in [-0.4, -0.2) is 45.2 Å². The molecule has 1 aliphatic heterocycles. The zero-order valence-electron chi connectivity index (χ0n) is 8.07. The van der Waals surface area contributed by atoms with Crippen LogP contribution in [0.3, 0.4) is 0 Å². The molecule has 0 atom stereocenters. The van der Waals surface area contributed by atoms with Crippen LogP contribution >= 0.6 is 0 Å². The molecule has 6 heteroatoms. The fourth-order valence-electron chi connectivity index (χ4n) is 1.12. The van der Waals surface area contributed by atoms with Gasteiger partial charge in [-0.05, 0) is 6.42 Å². The number of hydrogen-bond donors (Lipinski definition) is 0. The average Bonchev–Trinajstić information content (AvgIpc) is 2.27. The van der Waals surface area contributed by atoms with Crippen LogP contribution in [0.2, 0.25) is 0 Å². The number of hydrogen-bond acceptors (Lipinski definition) is 6. The third-order valence-corrected chi connectivity index (χ3v) is 1.81. The Hall–Kier alpha value is -1.14. The van der Waals surface area contributed by atoms with Gasteiger partial charge in [0.2, 0.25) is 0 Å². The first-order valence-electron chi connectivity index (χ1n) is 4.12. The topological polar surface area (TPSA) is 71.1 Å². The number of methoxy groups -OCH3 is 2. The van der Waals surface area contributed by atoms with Gasteiger partial charge in [0.15, 0.2) is 0 Å². The highest BCUT2D eigenvalue weighted by molar-refractivity contribution is 6.01. The Morgan fingerprint density at radius 3 is 1.86 bits per heavy atom. The Morgan fingerprint density at radius 1 is 1.07 bits per heavy atom. The van der Waals surface area contributed by atoms with E-state index >= 15 is 0 Å². The summed E-state index contributed by atoms with van der Waals surface area (Å²) in [5.74, 6) is -3.82. The molecule has 0 aliphatic carbocycles. The minimum Gasteiger partial charge on any atom is -0.465 e. The quantitative estimate of drug-likeness (QED) is 0.444. The molecule has 1 heterocycles. The summed E-state index contributed by atoms with van der Waals surface area (Å²) in [4.78, 5) is 22.6. The van der Waals surface area contributed by atoms with Crippen LogP contribution in [0.4, 0.5) is 0 Å². The normalized spacial score (nSPS) is 19.9. The summed E-state index contributed by atoms with van der Waals surface area (Å²) >= 11 is 0. The lowest BCUT2D eigenvalue weighted by atomic mass is 10.2. The Morgan fingerprint density at radius 2 is 1.50 bits per heavy atom. The van der Waals surface area contributed by atoms with Gasteiger partial charge in [-0.15, -0.1) is 0 Å². The maximum Gasteiger partial charge on any atom is 0.379 e. The molecule has 0 bridgehead atoms. The first kappa shape index (κ1) is 10.9. The number of carbonyl (C=O) groups is 2. The van der Waals surface area contributed by atoms with E-state index in [2.05, 4.69) is 9.47 Å². The summed E-state index contributed by atoms with van der Waals surface area (Å²) in [7, 11) is 2.29. The number of rotatable bonds is 2. The molecule has 0 radical (unpaired) electrons. The van der Waals surface area contributed by atoms with Gasteiger partial charge in [-0.2, -0.15) is 0 Å². The zero-order valence-corrected chi connectivity index (χ0v) is 8.07. The molecule has 0 aromatic heterocycles. The van der Waals surface area contributed by atoms with E-state index in [9.17, 15) is 9.59 Å². The van der Waals surface area contributed by atoms with E-state index in [0.29, 0.717) is 6.42 Å². The second-order valence-electron chi connectivity index (χ2n) is 2.65. The molecule has 0 amide bonds. The van der Waals surface area contributed by atoms with Gasteiger partial charge in [-0.25, -0.2) is 9.59 Å². The van der Waals surface area contributed by atoms with Crippen molar-refractivity contribution in [3.8, 4) is 0 Å². The van der Waals surface area contributed by atoms with Gasteiger partial charge in [-0.1, -0.05) is 0 Å². The summed E-state index contributed by atoms with van der Waals surface area (Å²) in [6.45, 7) is 0.508. The molecule has 0 aromatic carbocycles. The van der Waals surface area contributed by atoms with E-state index in [-0.39, 0.29) is 13.2 Å². The van der Waals surface area contributed by atoms with Gasteiger partial charge in [0.1, 0.15) is 0 Å². The van der Waals surface area contributed by atoms with Crippen molar-refractivity contribution >= 4 is 11.9 Å². The third-order valence-electron chi connectivity index (χ3n) is 1.81. The van der Waals surface area contributed by atoms with Crippen molar-refractivity contribution in [1.29, 1.82) is 0 Å². The van der Waals surface area contributed by atoms with Crippen LogP contribution in [0.1, 0.15) is 6.42 Å². The number of ether oxygens (including phenoxy) is 4. The van der Waals surface area contributed by atoms with Crippen LogP contribution < -0.4 is 0 Å². The lowest BCUT2D eigenvalue weighted by Gasteiger charge is -2.31. The molecular weight excluding hydrogens is 192 g/mol. The predicted octanol–water partition coefficient (Wildman–Crippen LogP) is -0.534. The van der Waals surface area contributed by atoms with Crippen molar-refractivity contribution in [2.45, 2.75) is 12.2 Å². The molecule has 0 aromatic rings. The first-order chi connectivity index (χ1) is 6.67.